The molecule has 26 heavy (non-hydrogen) atoms. The molecule has 6 nitrogen and oxygen atoms in total. The number of guanidine groups is 1. The van der Waals surface area contributed by atoms with E-state index in [1.807, 2.05) is 54.0 Å². The zero-order valence-electron chi connectivity index (χ0n) is 13.8. The SMILES string of the molecule is NCC(N=C1NC(=O)C(=Cc2ccc3ncsc3c2)N1)c1ccccc1. The summed E-state index contributed by atoms with van der Waals surface area (Å²) < 4.78 is 1.08. The number of benzene rings is 2. The molecular formula is C19H17N5OS. The van der Waals surface area contributed by atoms with Crippen LogP contribution >= 0.6 is 11.3 Å². The van der Waals surface area contributed by atoms with Crippen LogP contribution in [0.4, 0.5) is 0 Å². The Morgan fingerprint density at radius 2 is 2.04 bits per heavy atom. The minimum Gasteiger partial charge on any atom is -0.328 e. The molecule has 2 heterocycles. The molecule has 4 N–H and O–H groups in total. The topological polar surface area (TPSA) is 92.4 Å². The second kappa shape index (κ2) is 7.07. The second-order valence-electron chi connectivity index (χ2n) is 5.86. The Morgan fingerprint density at radius 3 is 2.85 bits per heavy atom. The van der Waals surface area contributed by atoms with E-state index in [1.165, 1.54) is 0 Å². The fourth-order valence-corrected chi connectivity index (χ4v) is 3.50. The third kappa shape index (κ3) is 3.35. The Bertz CT molecular complexity index is 1010. The molecule has 1 aliphatic rings. The van der Waals surface area contributed by atoms with Crippen LogP contribution in [0.25, 0.3) is 16.3 Å². The number of rotatable bonds is 4. The van der Waals surface area contributed by atoms with Gasteiger partial charge in [-0.2, -0.15) is 0 Å². The first-order valence-corrected chi connectivity index (χ1v) is 9.07. The zero-order chi connectivity index (χ0) is 17.9. The van der Waals surface area contributed by atoms with Crippen LogP contribution in [0, 0.1) is 0 Å². The molecule has 1 amide bonds. The molecule has 1 atom stereocenters. The largest absolute Gasteiger partial charge is 0.328 e. The van der Waals surface area contributed by atoms with E-state index in [0.717, 1.165) is 21.3 Å². The molecular weight excluding hydrogens is 346 g/mol. The number of hydrogen-bond donors (Lipinski definition) is 3. The quantitative estimate of drug-likeness (QED) is 0.621. The third-order valence-electron chi connectivity index (χ3n) is 4.09. The predicted molar refractivity (Wildman–Crippen MR) is 105 cm³/mol. The highest BCUT2D eigenvalue weighted by molar-refractivity contribution is 7.16. The predicted octanol–water partition coefficient (Wildman–Crippen LogP) is 2.41. The lowest BCUT2D eigenvalue weighted by molar-refractivity contribution is -0.115. The van der Waals surface area contributed by atoms with Crippen molar-refractivity contribution < 1.29 is 4.79 Å². The molecule has 130 valence electrons. The molecule has 1 aliphatic heterocycles. The fraction of sp³-hybridized carbons (Fsp3) is 0.105. The summed E-state index contributed by atoms with van der Waals surface area (Å²) in [6.07, 6.45) is 1.80. The van der Waals surface area contributed by atoms with Gasteiger partial charge in [-0.1, -0.05) is 36.4 Å². The molecule has 0 saturated carbocycles. The summed E-state index contributed by atoms with van der Waals surface area (Å²) in [7, 11) is 0. The van der Waals surface area contributed by atoms with E-state index < -0.39 is 0 Å². The molecule has 1 saturated heterocycles. The Kier molecular flexibility index (Phi) is 4.47. The lowest BCUT2D eigenvalue weighted by Gasteiger charge is -2.11. The van der Waals surface area contributed by atoms with Crippen molar-refractivity contribution in [3.63, 3.8) is 0 Å². The van der Waals surface area contributed by atoms with Gasteiger partial charge in [-0.25, -0.2) is 9.98 Å². The normalized spacial score (nSPS) is 18.3. The molecule has 0 bridgehead atoms. The van der Waals surface area contributed by atoms with Crippen molar-refractivity contribution >= 4 is 39.5 Å². The lowest BCUT2D eigenvalue weighted by atomic mass is 10.1. The molecule has 4 rings (SSSR count). The van der Waals surface area contributed by atoms with E-state index in [2.05, 4.69) is 20.6 Å². The Balaban J connectivity index is 1.57. The van der Waals surface area contributed by atoms with Crippen molar-refractivity contribution in [3.05, 3.63) is 70.9 Å². The molecule has 0 radical (unpaired) electrons. The maximum absolute atomic E-state index is 12.2. The fourth-order valence-electron chi connectivity index (χ4n) is 2.78. The molecule has 2 aromatic carbocycles. The van der Waals surface area contributed by atoms with Gasteiger partial charge in [0.25, 0.3) is 5.91 Å². The number of aromatic nitrogens is 1. The number of amides is 1. The molecule has 0 aliphatic carbocycles. The number of carbonyl (C=O) groups excluding carboxylic acids is 1. The van der Waals surface area contributed by atoms with E-state index in [-0.39, 0.29) is 11.9 Å². The molecule has 1 fully saturated rings. The minimum atomic E-state index is -0.216. The van der Waals surface area contributed by atoms with Crippen LogP contribution in [-0.4, -0.2) is 23.4 Å². The zero-order valence-corrected chi connectivity index (χ0v) is 14.7. The van der Waals surface area contributed by atoms with Gasteiger partial charge in [0, 0.05) is 6.54 Å². The van der Waals surface area contributed by atoms with E-state index >= 15 is 0 Å². The van der Waals surface area contributed by atoms with Gasteiger partial charge in [0.2, 0.25) is 5.96 Å². The summed E-state index contributed by atoms with van der Waals surface area (Å²) in [6, 6.07) is 15.5. The van der Waals surface area contributed by atoms with Gasteiger partial charge in [0.15, 0.2) is 0 Å². The smallest absolute Gasteiger partial charge is 0.274 e. The van der Waals surface area contributed by atoms with Crippen LogP contribution in [0.3, 0.4) is 0 Å². The number of nitrogens with one attached hydrogen (secondary N) is 2. The highest BCUT2D eigenvalue weighted by atomic mass is 32.1. The van der Waals surface area contributed by atoms with Crippen LogP contribution in [0.1, 0.15) is 17.2 Å². The summed E-state index contributed by atoms with van der Waals surface area (Å²) in [4.78, 5) is 21.1. The summed E-state index contributed by atoms with van der Waals surface area (Å²) in [5.41, 5.74) is 11.0. The van der Waals surface area contributed by atoms with Gasteiger partial charge in [-0.3, -0.25) is 10.1 Å². The summed E-state index contributed by atoms with van der Waals surface area (Å²) in [6.45, 7) is 0.353. The Morgan fingerprint density at radius 1 is 1.19 bits per heavy atom. The van der Waals surface area contributed by atoms with Crippen molar-refractivity contribution in [3.8, 4) is 0 Å². The van der Waals surface area contributed by atoms with Crippen LogP contribution in [-0.2, 0) is 4.79 Å². The van der Waals surface area contributed by atoms with Gasteiger partial charge < -0.3 is 11.1 Å². The molecule has 1 unspecified atom stereocenters. The number of fused-ring (bicyclic) bond motifs is 1. The van der Waals surface area contributed by atoms with Gasteiger partial charge >= 0.3 is 0 Å². The minimum absolute atomic E-state index is 0.211. The third-order valence-corrected chi connectivity index (χ3v) is 4.88. The number of thiazole rings is 1. The van der Waals surface area contributed by atoms with Crippen LogP contribution < -0.4 is 16.4 Å². The number of nitrogens with two attached hydrogens (primary N) is 1. The van der Waals surface area contributed by atoms with E-state index in [0.29, 0.717) is 18.2 Å². The van der Waals surface area contributed by atoms with Crippen molar-refractivity contribution in [1.82, 2.24) is 15.6 Å². The maximum atomic E-state index is 12.2. The summed E-state index contributed by atoms with van der Waals surface area (Å²) >= 11 is 1.57. The van der Waals surface area contributed by atoms with Crippen LogP contribution in [0.15, 0.2) is 64.7 Å². The second-order valence-corrected chi connectivity index (χ2v) is 6.74. The molecule has 7 heteroatoms. The average molecular weight is 363 g/mol. The van der Waals surface area contributed by atoms with E-state index in [4.69, 9.17) is 5.73 Å². The van der Waals surface area contributed by atoms with Gasteiger partial charge in [-0.15, -0.1) is 11.3 Å². The number of hydrogen-bond acceptors (Lipinski definition) is 5. The number of carbonyl (C=O) groups is 1. The molecule has 1 aromatic heterocycles. The van der Waals surface area contributed by atoms with Crippen LogP contribution in [0.2, 0.25) is 0 Å². The maximum Gasteiger partial charge on any atom is 0.274 e. The monoisotopic (exact) mass is 363 g/mol. The Hall–Kier alpha value is -3.03. The van der Waals surface area contributed by atoms with Crippen molar-refractivity contribution in [2.75, 3.05) is 6.54 Å². The van der Waals surface area contributed by atoms with Crippen LogP contribution in [0.5, 0.6) is 0 Å². The van der Waals surface area contributed by atoms with Crippen molar-refractivity contribution in [2.24, 2.45) is 10.7 Å². The first kappa shape index (κ1) is 16.4. The molecule has 3 aromatic rings. The molecule has 0 spiro atoms. The highest BCUT2D eigenvalue weighted by Crippen LogP contribution is 2.21. The first-order chi connectivity index (χ1) is 12.7. The van der Waals surface area contributed by atoms with E-state index in [1.54, 1.807) is 17.4 Å². The summed E-state index contributed by atoms with van der Waals surface area (Å²) in [5.74, 6) is 0.205. The van der Waals surface area contributed by atoms with Crippen molar-refractivity contribution in [1.29, 1.82) is 0 Å². The summed E-state index contributed by atoms with van der Waals surface area (Å²) in [5, 5.41) is 5.81. The van der Waals surface area contributed by atoms with E-state index in [9.17, 15) is 4.79 Å². The van der Waals surface area contributed by atoms with Gasteiger partial charge in [0.1, 0.15) is 5.70 Å². The van der Waals surface area contributed by atoms with Gasteiger partial charge in [0.05, 0.1) is 21.8 Å². The first-order valence-electron chi connectivity index (χ1n) is 8.19. The standard InChI is InChI=1S/C19H17N5OS/c20-10-16(13-4-2-1-3-5-13)23-19-22-15(18(25)24-19)8-12-6-7-14-17(9-12)26-11-21-14/h1-9,11,16H,10,20H2,(H2,22,23,24,25). The van der Waals surface area contributed by atoms with Gasteiger partial charge in [-0.05, 0) is 29.3 Å². The average Bonchev–Trinajstić information content (AvgIpc) is 3.26. The Labute approximate surface area is 154 Å². The number of aliphatic imine (C=N–C) groups is 1. The van der Waals surface area contributed by atoms with Crippen molar-refractivity contribution in [2.45, 2.75) is 6.04 Å². The lowest BCUT2D eigenvalue weighted by Crippen LogP contribution is -2.27. The number of nitrogens with zero attached hydrogens (tertiary/aromatic N) is 2. The highest BCUT2D eigenvalue weighted by Gasteiger charge is 2.23.